The van der Waals surface area contributed by atoms with Crippen LogP contribution in [0.4, 0.5) is 10.1 Å². The number of carbonyl (C=O) groups is 1. The lowest BCUT2D eigenvalue weighted by atomic mass is 10.2. The molecule has 1 amide bonds. The van der Waals surface area contributed by atoms with Gasteiger partial charge in [-0.2, -0.15) is 0 Å². The van der Waals surface area contributed by atoms with Gasteiger partial charge >= 0.3 is 0 Å². The van der Waals surface area contributed by atoms with E-state index in [1.165, 1.54) is 18.2 Å². The molecule has 0 fully saturated rings. The molecule has 0 aliphatic rings. The molecular weight excluding hydrogens is 259 g/mol. The lowest BCUT2D eigenvalue weighted by Crippen LogP contribution is -2.47. The Morgan fingerprint density at radius 2 is 2.00 bits per heavy atom. The summed E-state index contributed by atoms with van der Waals surface area (Å²) in [6.45, 7) is 1.61. The lowest BCUT2D eigenvalue weighted by Gasteiger charge is -2.28. The van der Waals surface area contributed by atoms with E-state index >= 15 is 0 Å². The normalized spacial score (nSPS) is 13.1. The van der Waals surface area contributed by atoms with Gasteiger partial charge in [0.1, 0.15) is 11.9 Å². The third kappa shape index (κ3) is 2.98. The van der Waals surface area contributed by atoms with Gasteiger partial charge in [-0.05, 0) is 18.6 Å². The van der Waals surface area contributed by atoms with Crippen molar-refractivity contribution in [1.29, 1.82) is 0 Å². The highest BCUT2D eigenvalue weighted by Crippen LogP contribution is 2.24. The summed E-state index contributed by atoms with van der Waals surface area (Å²) >= 11 is 0. The molecule has 0 aromatic heterocycles. The van der Waals surface area contributed by atoms with Crippen molar-refractivity contribution < 1.29 is 17.6 Å². The molecule has 0 radical (unpaired) electrons. The summed E-state index contributed by atoms with van der Waals surface area (Å²) in [4.78, 5) is 11.3. The lowest BCUT2D eigenvalue weighted by molar-refractivity contribution is -0.119. The van der Waals surface area contributed by atoms with Gasteiger partial charge in [-0.25, -0.2) is 12.8 Å². The number of hydrogen-bond acceptors (Lipinski definition) is 3. The van der Waals surface area contributed by atoms with E-state index in [1.807, 2.05) is 0 Å². The maximum absolute atomic E-state index is 13.7. The maximum atomic E-state index is 13.7. The Kier molecular flexibility index (Phi) is 4.28. The molecule has 5 nitrogen and oxygen atoms in total. The second-order valence-electron chi connectivity index (χ2n) is 3.84. The topological polar surface area (TPSA) is 80.5 Å². The summed E-state index contributed by atoms with van der Waals surface area (Å²) in [7, 11) is -3.80. The molecule has 0 heterocycles. The average Bonchev–Trinajstić information content (AvgIpc) is 2.25. The standard InChI is InChI=1S/C11H15FN2O3S/c1-3-9(11(13)15)14(18(2,16)17)10-7-5-4-6-8(10)12/h4-7,9H,3H2,1-2H3,(H2,13,15). The van der Waals surface area contributed by atoms with E-state index in [9.17, 15) is 17.6 Å². The Balaban J connectivity index is 3.41. The number of nitrogens with two attached hydrogens (primary N) is 1. The minimum Gasteiger partial charge on any atom is -0.368 e. The van der Waals surface area contributed by atoms with Gasteiger partial charge in [0, 0.05) is 0 Å². The molecule has 1 aromatic carbocycles. The van der Waals surface area contributed by atoms with Crippen molar-refractivity contribution in [2.45, 2.75) is 19.4 Å². The molecule has 0 bridgehead atoms. The summed E-state index contributed by atoms with van der Waals surface area (Å²) in [6.07, 6.45) is 1.07. The number of para-hydroxylation sites is 1. The fourth-order valence-electron chi connectivity index (χ4n) is 1.69. The van der Waals surface area contributed by atoms with Crippen molar-refractivity contribution in [3.63, 3.8) is 0 Å². The van der Waals surface area contributed by atoms with Crippen molar-refractivity contribution in [2.24, 2.45) is 5.73 Å². The molecule has 7 heteroatoms. The second kappa shape index (κ2) is 5.34. The van der Waals surface area contributed by atoms with E-state index in [-0.39, 0.29) is 12.1 Å². The van der Waals surface area contributed by atoms with Gasteiger partial charge < -0.3 is 5.73 Å². The molecule has 100 valence electrons. The van der Waals surface area contributed by atoms with Gasteiger partial charge in [0.25, 0.3) is 0 Å². The van der Waals surface area contributed by atoms with Crippen molar-refractivity contribution in [3.05, 3.63) is 30.1 Å². The number of amides is 1. The number of anilines is 1. The van der Waals surface area contributed by atoms with Gasteiger partial charge in [0.15, 0.2) is 0 Å². The average molecular weight is 274 g/mol. The largest absolute Gasteiger partial charge is 0.368 e. The first-order valence-corrected chi connectivity index (χ1v) is 7.17. The van der Waals surface area contributed by atoms with Gasteiger partial charge in [0.05, 0.1) is 11.9 Å². The van der Waals surface area contributed by atoms with Gasteiger partial charge in [-0.1, -0.05) is 19.1 Å². The molecule has 0 saturated carbocycles. The number of rotatable bonds is 5. The van der Waals surface area contributed by atoms with Crippen molar-refractivity contribution in [1.82, 2.24) is 0 Å². The Bertz CT molecular complexity index is 545. The first-order valence-electron chi connectivity index (χ1n) is 5.32. The molecular formula is C11H15FN2O3S. The number of halogens is 1. The van der Waals surface area contributed by atoms with Crippen LogP contribution in [-0.4, -0.2) is 26.6 Å². The van der Waals surface area contributed by atoms with Crippen molar-refractivity contribution >= 4 is 21.6 Å². The zero-order chi connectivity index (χ0) is 13.9. The summed E-state index contributed by atoms with van der Waals surface area (Å²) in [5, 5.41) is 0. The third-order valence-corrected chi connectivity index (χ3v) is 3.61. The number of hydrogen-bond donors (Lipinski definition) is 1. The van der Waals surface area contributed by atoms with Gasteiger partial charge in [-0.3, -0.25) is 9.10 Å². The van der Waals surface area contributed by atoms with Crippen LogP contribution in [0.25, 0.3) is 0 Å². The minimum absolute atomic E-state index is 0.163. The van der Waals surface area contributed by atoms with Gasteiger partial charge in [-0.15, -0.1) is 0 Å². The zero-order valence-electron chi connectivity index (χ0n) is 10.1. The smallest absolute Gasteiger partial charge is 0.241 e. The predicted octanol–water partition coefficient (Wildman–Crippen LogP) is 0.856. The van der Waals surface area contributed by atoms with Crippen LogP contribution in [0.5, 0.6) is 0 Å². The highest BCUT2D eigenvalue weighted by Gasteiger charge is 2.31. The number of nitrogens with zero attached hydrogens (tertiary/aromatic N) is 1. The molecule has 0 aliphatic heterocycles. The fraction of sp³-hybridized carbons (Fsp3) is 0.364. The quantitative estimate of drug-likeness (QED) is 0.864. The molecule has 18 heavy (non-hydrogen) atoms. The number of sulfonamides is 1. The summed E-state index contributed by atoms with van der Waals surface area (Å²) in [5.74, 6) is -1.53. The molecule has 1 atom stereocenters. The second-order valence-corrected chi connectivity index (χ2v) is 5.70. The van der Waals surface area contributed by atoms with E-state index in [2.05, 4.69) is 0 Å². The number of carbonyl (C=O) groups excluding carboxylic acids is 1. The zero-order valence-corrected chi connectivity index (χ0v) is 10.9. The van der Waals surface area contributed by atoms with Crippen LogP contribution in [0.2, 0.25) is 0 Å². The van der Waals surface area contributed by atoms with Crippen LogP contribution in [0.3, 0.4) is 0 Å². The van der Waals surface area contributed by atoms with Crippen LogP contribution in [-0.2, 0) is 14.8 Å². The Morgan fingerprint density at radius 1 is 1.44 bits per heavy atom. The number of primary amides is 1. The van der Waals surface area contributed by atoms with E-state index < -0.39 is 27.8 Å². The van der Waals surface area contributed by atoms with Crippen LogP contribution in [0, 0.1) is 5.82 Å². The van der Waals surface area contributed by atoms with E-state index in [0.717, 1.165) is 16.6 Å². The van der Waals surface area contributed by atoms with E-state index in [0.29, 0.717) is 0 Å². The van der Waals surface area contributed by atoms with E-state index in [4.69, 9.17) is 5.73 Å². The molecule has 0 saturated heterocycles. The Hall–Kier alpha value is -1.63. The van der Waals surface area contributed by atoms with Crippen LogP contribution in [0.15, 0.2) is 24.3 Å². The summed E-state index contributed by atoms with van der Waals surface area (Å²) in [5.41, 5.74) is 4.99. The number of benzene rings is 1. The maximum Gasteiger partial charge on any atom is 0.241 e. The highest BCUT2D eigenvalue weighted by atomic mass is 32.2. The fourth-order valence-corrected chi connectivity index (χ4v) is 2.91. The molecule has 1 aromatic rings. The van der Waals surface area contributed by atoms with Crippen LogP contribution in [0.1, 0.15) is 13.3 Å². The molecule has 2 N–H and O–H groups in total. The Morgan fingerprint density at radius 3 is 2.39 bits per heavy atom. The molecule has 1 rings (SSSR count). The Labute approximate surface area is 105 Å². The molecule has 0 spiro atoms. The third-order valence-electron chi connectivity index (χ3n) is 2.45. The molecule has 0 aliphatic carbocycles. The van der Waals surface area contributed by atoms with Gasteiger partial charge in [0.2, 0.25) is 15.9 Å². The highest BCUT2D eigenvalue weighted by molar-refractivity contribution is 7.92. The summed E-state index contributed by atoms with van der Waals surface area (Å²) in [6, 6.07) is 4.25. The summed E-state index contributed by atoms with van der Waals surface area (Å²) < 4.78 is 37.9. The van der Waals surface area contributed by atoms with Crippen molar-refractivity contribution in [3.8, 4) is 0 Å². The predicted molar refractivity (Wildman–Crippen MR) is 67.0 cm³/mol. The van der Waals surface area contributed by atoms with Crippen molar-refractivity contribution in [2.75, 3.05) is 10.6 Å². The SMILES string of the molecule is CCC(C(N)=O)N(c1ccccc1F)S(C)(=O)=O. The monoisotopic (exact) mass is 274 g/mol. The molecule has 1 unspecified atom stereocenters. The van der Waals surface area contributed by atoms with Crippen LogP contribution >= 0.6 is 0 Å². The van der Waals surface area contributed by atoms with E-state index in [1.54, 1.807) is 6.92 Å². The first kappa shape index (κ1) is 14.4. The first-order chi connectivity index (χ1) is 8.29. The van der Waals surface area contributed by atoms with Crippen LogP contribution < -0.4 is 10.0 Å². The minimum atomic E-state index is -3.80.